The van der Waals surface area contributed by atoms with Crippen LogP contribution in [0.25, 0.3) is 16.8 Å². The molecular formula is C21H17ClFNO2. The maximum atomic E-state index is 13.0. The van der Waals surface area contributed by atoms with Crippen LogP contribution in [0.15, 0.2) is 66.7 Å². The molecule has 3 aromatic rings. The molecule has 0 fully saturated rings. The number of fused-ring (bicyclic) bond motifs is 1. The van der Waals surface area contributed by atoms with Crippen molar-refractivity contribution in [3.8, 4) is 0 Å². The van der Waals surface area contributed by atoms with Crippen molar-refractivity contribution in [1.29, 1.82) is 0 Å². The molecule has 1 unspecified atom stereocenters. The first kappa shape index (κ1) is 18.1. The van der Waals surface area contributed by atoms with Crippen LogP contribution in [0.2, 0.25) is 5.02 Å². The van der Waals surface area contributed by atoms with Crippen molar-refractivity contribution in [2.45, 2.75) is 6.04 Å². The fourth-order valence-electron chi connectivity index (χ4n) is 2.68. The van der Waals surface area contributed by atoms with E-state index in [0.717, 1.165) is 16.3 Å². The smallest absolute Gasteiger partial charge is 0.244 e. The van der Waals surface area contributed by atoms with E-state index in [-0.39, 0.29) is 17.5 Å². The number of hydrogen-bond donors (Lipinski definition) is 2. The lowest BCUT2D eigenvalue weighted by atomic mass is 10.0. The number of aliphatic hydroxyl groups is 1. The van der Waals surface area contributed by atoms with Gasteiger partial charge in [-0.25, -0.2) is 4.39 Å². The van der Waals surface area contributed by atoms with E-state index in [1.54, 1.807) is 0 Å². The van der Waals surface area contributed by atoms with Crippen molar-refractivity contribution in [3.05, 3.63) is 88.7 Å². The third kappa shape index (κ3) is 4.28. The normalized spacial score (nSPS) is 12.4. The number of benzene rings is 3. The highest BCUT2D eigenvalue weighted by Crippen LogP contribution is 2.21. The van der Waals surface area contributed by atoms with Gasteiger partial charge in [0.2, 0.25) is 5.91 Å². The van der Waals surface area contributed by atoms with Crippen LogP contribution in [0, 0.1) is 5.82 Å². The first-order valence-electron chi connectivity index (χ1n) is 8.10. The Balaban J connectivity index is 1.74. The quantitative estimate of drug-likeness (QED) is 0.651. The molecule has 0 saturated carbocycles. The number of hydrogen-bond acceptors (Lipinski definition) is 2. The number of carbonyl (C=O) groups is 1. The SMILES string of the molecule is O=C(/C=C/c1ccc(F)cc1Cl)NC(CO)c1ccc2ccccc2c1. The molecule has 132 valence electrons. The highest BCUT2D eigenvalue weighted by molar-refractivity contribution is 6.32. The van der Waals surface area contributed by atoms with Crippen molar-refractivity contribution in [2.24, 2.45) is 0 Å². The second-order valence-electron chi connectivity index (χ2n) is 5.85. The highest BCUT2D eigenvalue weighted by Gasteiger charge is 2.12. The van der Waals surface area contributed by atoms with Crippen LogP contribution < -0.4 is 5.32 Å². The summed E-state index contributed by atoms with van der Waals surface area (Å²) in [5, 5.41) is 14.8. The molecular weight excluding hydrogens is 353 g/mol. The Morgan fingerprint density at radius 2 is 1.88 bits per heavy atom. The Labute approximate surface area is 155 Å². The van der Waals surface area contributed by atoms with Gasteiger partial charge in [-0.15, -0.1) is 0 Å². The molecule has 0 saturated heterocycles. The maximum absolute atomic E-state index is 13.0. The van der Waals surface area contributed by atoms with Gasteiger partial charge in [0, 0.05) is 6.08 Å². The summed E-state index contributed by atoms with van der Waals surface area (Å²) < 4.78 is 13.0. The third-order valence-corrected chi connectivity index (χ3v) is 4.38. The fourth-order valence-corrected chi connectivity index (χ4v) is 2.91. The van der Waals surface area contributed by atoms with E-state index in [1.807, 2.05) is 42.5 Å². The van der Waals surface area contributed by atoms with Gasteiger partial charge in [0.1, 0.15) is 5.82 Å². The van der Waals surface area contributed by atoms with Crippen molar-refractivity contribution < 1.29 is 14.3 Å². The molecule has 0 heterocycles. The molecule has 0 aliphatic heterocycles. The van der Waals surface area contributed by atoms with Crippen LogP contribution in [-0.4, -0.2) is 17.6 Å². The Hall–Kier alpha value is -2.69. The summed E-state index contributed by atoms with van der Waals surface area (Å²) in [6.45, 7) is -0.227. The van der Waals surface area contributed by atoms with Crippen LogP contribution in [-0.2, 0) is 4.79 Å². The molecule has 26 heavy (non-hydrogen) atoms. The van der Waals surface area contributed by atoms with Gasteiger partial charge in [0.25, 0.3) is 0 Å². The first-order chi connectivity index (χ1) is 12.6. The van der Waals surface area contributed by atoms with E-state index in [4.69, 9.17) is 11.6 Å². The predicted octanol–water partition coefficient (Wildman–Crippen LogP) is 4.50. The maximum Gasteiger partial charge on any atom is 0.244 e. The zero-order valence-corrected chi connectivity index (χ0v) is 14.6. The molecule has 0 aliphatic carbocycles. The summed E-state index contributed by atoms with van der Waals surface area (Å²) in [7, 11) is 0. The molecule has 3 aromatic carbocycles. The largest absolute Gasteiger partial charge is 0.394 e. The molecule has 0 aromatic heterocycles. The van der Waals surface area contributed by atoms with Crippen LogP contribution in [0.1, 0.15) is 17.2 Å². The highest BCUT2D eigenvalue weighted by atomic mass is 35.5. The van der Waals surface area contributed by atoms with Crippen LogP contribution in [0.4, 0.5) is 4.39 Å². The molecule has 5 heteroatoms. The van der Waals surface area contributed by atoms with E-state index >= 15 is 0 Å². The summed E-state index contributed by atoms with van der Waals surface area (Å²) in [5.41, 5.74) is 1.35. The van der Waals surface area contributed by atoms with E-state index < -0.39 is 11.9 Å². The lowest BCUT2D eigenvalue weighted by Crippen LogP contribution is -2.29. The summed E-state index contributed by atoms with van der Waals surface area (Å²) >= 11 is 5.93. The fraction of sp³-hybridized carbons (Fsp3) is 0.0952. The van der Waals surface area contributed by atoms with E-state index in [0.29, 0.717) is 5.56 Å². The summed E-state index contributed by atoms with van der Waals surface area (Å²) in [5.74, 6) is -0.814. The number of amides is 1. The second kappa shape index (κ2) is 8.13. The van der Waals surface area contributed by atoms with E-state index in [1.165, 1.54) is 30.4 Å². The number of aliphatic hydroxyl groups excluding tert-OH is 1. The van der Waals surface area contributed by atoms with Crippen molar-refractivity contribution in [1.82, 2.24) is 5.32 Å². The Morgan fingerprint density at radius 3 is 2.62 bits per heavy atom. The topological polar surface area (TPSA) is 49.3 Å². The summed E-state index contributed by atoms with van der Waals surface area (Å²) in [4.78, 5) is 12.2. The molecule has 0 radical (unpaired) electrons. The molecule has 1 atom stereocenters. The van der Waals surface area contributed by atoms with Crippen LogP contribution in [0.3, 0.4) is 0 Å². The van der Waals surface area contributed by atoms with Gasteiger partial charge in [0.15, 0.2) is 0 Å². The summed E-state index contributed by atoms with van der Waals surface area (Å²) in [6, 6.07) is 17.1. The zero-order valence-electron chi connectivity index (χ0n) is 13.8. The minimum Gasteiger partial charge on any atom is -0.394 e. The van der Waals surface area contributed by atoms with Crippen LogP contribution in [0.5, 0.6) is 0 Å². The van der Waals surface area contributed by atoms with Crippen LogP contribution >= 0.6 is 11.6 Å². The van der Waals surface area contributed by atoms with Gasteiger partial charge >= 0.3 is 0 Å². The van der Waals surface area contributed by atoms with Gasteiger partial charge in [-0.2, -0.15) is 0 Å². The monoisotopic (exact) mass is 369 g/mol. The van der Waals surface area contributed by atoms with Gasteiger partial charge in [0.05, 0.1) is 17.7 Å². The molecule has 0 aliphatic rings. The van der Waals surface area contributed by atoms with E-state index in [2.05, 4.69) is 5.32 Å². The minimum absolute atomic E-state index is 0.224. The minimum atomic E-state index is -0.527. The average Bonchev–Trinajstić information content (AvgIpc) is 2.65. The van der Waals surface area contributed by atoms with Gasteiger partial charge in [-0.3, -0.25) is 4.79 Å². The van der Waals surface area contributed by atoms with Crippen molar-refractivity contribution >= 4 is 34.4 Å². The third-order valence-electron chi connectivity index (χ3n) is 4.05. The van der Waals surface area contributed by atoms with Gasteiger partial charge in [-0.1, -0.05) is 54.1 Å². The lowest BCUT2D eigenvalue weighted by molar-refractivity contribution is -0.117. The average molecular weight is 370 g/mol. The van der Waals surface area contributed by atoms with E-state index in [9.17, 15) is 14.3 Å². The zero-order chi connectivity index (χ0) is 18.5. The predicted molar refractivity (Wildman–Crippen MR) is 102 cm³/mol. The van der Waals surface area contributed by atoms with Gasteiger partial charge < -0.3 is 10.4 Å². The second-order valence-corrected chi connectivity index (χ2v) is 6.26. The molecule has 3 rings (SSSR count). The number of rotatable bonds is 5. The van der Waals surface area contributed by atoms with Crippen molar-refractivity contribution in [3.63, 3.8) is 0 Å². The molecule has 1 amide bonds. The first-order valence-corrected chi connectivity index (χ1v) is 8.48. The lowest BCUT2D eigenvalue weighted by Gasteiger charge is -2.16. The Bertz CT molecular complexity index is 971. The number of carbonyl (C=O) groups excluding carboxylic acids is 1. The molecule has 2 N–H and O–H groups in total. The molecule has 0 spiro atoms. The Morgan fingerprint density at radius 1 is 1.12 bits per heavy atom. The molecule has 0 bridgehead atoms. The standard InChI is InChI=1S/C21H17ClFNO2/c22-19-12-18(23)9-7-15(19)8-10-21(26)24-20(13-25)17-6-5-14-3-1-2-4-16(14)11-17/h1-12,20,25H,13H2,(H,24,26)/b10-8+. The molecule has 3 nitrogen and oxygen atoms in total. The number of halogens is 2. The van der Waals surface area contributed by atoms with Crippen molar-refractivity contribution in [2.75, 3.05) is 6.61 Å². The summed E-state index contributed by atoms with van der Waals surface area (Å²) in [6.07, 6.45) is 2.81. The van der Waals surface area contributed by atoms with Gasteiger partial charge in [-0.05, 0) is 46.2 Å². The Kier molecular flexibility index (Phi) is 5.66. The number of nitrogens with one attached hydrogen (secondary N) is 1.